The molecular formula is C13H14BrNO3S. The number of hydrogen-bond acceptors (Lipinski definition) is 3. The summed E-state index contributed by atoms with van der Waals surface area (Å²) in [6.45, 7) is 0.588. The van der Waals surface area contributed by atoms with E-state index in [0.29, 0.717) is 17.3 Å². The van der Waals surface area contributed by atoms with Crippen molar-refractivity contribution in [3.8, 4) is 0 Å². The summed E-state index contributed by atoms with van der Waals surface area (Å²) in [5.41, 5.74) is 0. The van der Waals surface area contributed by atoms with E-state index in [4.69, 9.17) is 0 Å². The van der Waals surface area contributed by atoms with Crippen molar-refractivity contribution in [2.24, 2.45) is 11.8 Å². The first-order valence-electron chi connectivity index (χ1n) is 6.36. The molecule has 102 valence electrons. The quantitative estimate of drug-likeness (QED) is 0.898. The van der Waals surface area contributed by atoms with Crippen molar-refractivity contribution in [3.05, 3.63) is 20.8 Å². The van der Waals surface area contributed by atoms with Gasteiger partial charge in [0.2, 0.25) is 0 Å². The minimum absolute atomic E-state index is 0.139. The Balaban J connectivity index is 1.90. The molecular weight excluding hydrogens is 330 g/mol. The maximum absolute atomic E-state index is 12.5. The highest BCUT2D eigenvalue weighted by Gasteiger charge is 2.49. The van der Waals surface area contributed by atoms with E-state index in [1.165, 1.54) is 11.3 Å². The molecule has 2 fully saturated rings. The molecule has 19 heavy (non-hydrogen) atoms. The molecule has 4 nitrogen and oxygen atoms in total. The standard InChI is InChI=1S/C13H14BrNO3S/c14-9-4-5-19-11(9)12(16)15-6-7-2-1-3-8(7)10(15)13(17)18/h4-5,7-8,10H,1-3,6H2,(H,17,18). The second-order valence-electron chi connectivity index (χ2n) is 5.19. The van der Waals surface area contributed by atoms with Gasteiger partial charge in [-0.15, -0.1) is 11.3 Å². The monoisotopic (exact) mass is 343 g/mol. The van der Waals surface area contributed by atoms with Crippen molar-refractivity contribution in [1.29, 1.82) is 0 Å². The first kappa shape index (κ1) is 13.1. The fourth-order valence-corrected chi connectivity index (χ4v) is 4.90. The van der Waals surface area contributed by atoms with Crippen LogP contribution in [0.25, 0.3) is 0 Å². The summed E-state index contributed by atoms with van der Waals surface area (Å²) in [6.07, 6.45) is 3.06. The van der Waals surface area contributed by atoms with Crippen molar-refractivity contribution in [3.63, 3.8) is 0 Å². The van der Waals surface area contributed by atoms with Crippen LogP contribution in [0, 0.1) is 11.8 Å². The molecule has 0 radical (unpaired) electrons. The first-order valence-corrected chi connectivity index (χ1v) is 8.03. The van der Waals surface area contributed by atoms with Crippen molar-refractivity contribution in [2.75, 3.05) is 6.54 Å². The van der Waals surface area contributed by atoms with Crippen LogP contribution in [0.4, 0.5) is 0 Å². The normalized spacial score (nSPS) is 29.5. The highest BCUT2D eigenvalue weighted by molar-refractivity contribution is 9.10. The maximum atomic E-state index is 12.5. The molecule has 3 rings (SSSR count). The molecule has 3 atom stereocenters. The van der Waals surface area contributed by atoms with E-state index < -0.39 is 12.0 Å². The molecule has 6 heteroatoms. The zero-order valence-corrected chi connectivity index (χ0v) is 12.6. The molecule has 1 aromatic rings. The number of carboxylic acid groups (broad SMARTS) is 1. The van der Waals surface area contributed by atoms with Gasteiger partial charge in [-0.3, -0.25) is 4.79 Å². The van der Waals surface area contributed by atoms with E-state index in [0.717, 1.165) is 23.7 Å². The highest BCUT2D eigenvalue weighted by atomic mass is 79.9. The molecule has 2 heterocycles. The summed E-state index contributed by atoms with van der Waals surface area (Å²) in [6, 6.07) is 1.18. The third-order valence-corrected chi connectivity index (χ3v) is 6.04. The van der Waals surface area contributed by atoms with Gasteiger partial charge in [0.1, 0.15) is 10.9 Å². The number of rotatable bonds is 2. The van der Waals surface area contributed by atoms with Gasteiger partial charge in [0.25, 0.3) is 5.91 Å². The molecule has 2 aliphatic rings. The number of likely N-dealkylation sites (tertiary alicyclic amines) is 1. The van der Waals surface area contributed by atoms with Crippen molar-refractivity contribution < 1.29 is 14.7 Å². The molecule has 3 unspecified atom stereocenters. The second kappa shape index (κ2) is 4.90. The molecule has 1 aliphatic heterocycles. The molecule has 0 spiro atoms. The van der Waals surface area contributed by atoms with Crippen molar-refractivity contribution in [1.82, 2.24) is 4.90 Å². The van der Waals surface area contributed by atoms with Gasteiger partial charge in [0.05, 0.1) is 0 Å². The maximum Gasteiger partial charge on any atom is 0.326 e. The van der Waals surface area contributed by atoms with Gasteiger partial charge in [0.15, 0.2) is 0 Å². The van der Waals surface area contributed by atoms with Crippen LogP contribution in [-0.4, -0.2) is 34.5 Å². The minimum atomic E-state index is -0.865. The topological polar surface area (TPSA) is 57.6 Å². The largest absolute Gasteiger partial charge is 0.480 e. The van der Waals surface area contributed by atoms with E-state index in [1.54, 1.807) is 4.90 Å². The van der Waals surface area contributed by atoms with Crippen LogP contribution in [0.1, 0.15) is 28.9 Å². The van der Waals surface area contributed by atoms with Crippen LogP contribution in [0.15, 0.2) is 15.9 Å². The van der Waals surface area contributed by atoms with Crippen LogP contribution in [0.2, 0.25) is 0 Å². The molecule has 1 aliphatic carbocycles. The number of amides is 1. The third-order valence-electron chi connectivity index (χ3n) is 4.22. The molecule has 1 saturated heterocycles. The van der Waals surface area contributed by atoms with Gasteiger partial charge in [-0.2, -0.15) is 0 Å². The average Bonchev–Trinajstić information content (AvgIpc) is 3.00. The smallest absolute Gasteiger partial charge is 0.326 e. The Bertz CT molecular complexity index is 530. The lowest BCUT2D eigenvalue weighted by Gasteiger charge is -2.24. The lowest BCUT2D eigenvalue weighted by molar-refractivity contribution is -0.142. The van der Waals surface area contributed by atoms with E-state index in [9.17, 15) is 14.7 Å². The van der Waals surface area contributed by atoms with Gasteiger partial charge < -0.3 is 10.0 Å². The Morgan fingerprint density at radius 3 is 2.84 bits per heavy atom. The summed E-state index contributed by atoms with van der Waals surface area (Å²) in [5, 5.41) is 11.3. The van der Waals surface area contributed by atoms with E-state index in [2.05, 4.69) is 15.9 Å². The van der Waals surface area contributed by atoms with Crippen molar-refractivity contribution >= 4 is 39.1 Å². The molecule has 1 aromatic heterocycles. The van der Waals surface area contributed by atoms with E-state index >= 15 is 0 Å². The number of carboxylic acids is 1. The fraction of sp³-hybridized carbons (Fsp3) is 0.538. The second-order valence-corrected chi connectivity index (χ2v) is 6.96. The molecule has 1 amide bonds. The number of carbonyl (C=O) groups excluding carboxylic acids is 1. The number of fused-ring (bicyclic) bond motifs is 1. The van der Waals surface area contributed by atoms with E-state index in [1.807, 2.05) is 11.4 Å². The summed E-state index contributed by atoms with van der Waals surface area (Å²) in [5.74, 6) is -0.511. The van der Waals surface area contributed by atoms with Crippen LogP contribution in [0.3, 0.4) is 0 Å². The number of thiophene rings is 1. The number of aliphatic carboxylic acids is 1. The van der Waals surface area contributed by atoms with E-state index in [-0.39, 0.29) is 11.8 Å². The molecule has 0 bridgehead atoms. The lowest BCUT2D eigenvalue weighted by atomic mass is 9.94. The Hall–Kier alpha value is -0.880. The Morgan fingerprint density at radius 1 is 1.42 bits per heavy atom. The van der Waals surface area contributed by atoms with Crippen LogP contribution < -0.4 is 0 Å². The zero-order valence-electron chi connectivity index (χ0n) is 10.2. The van der Waals surface area contributed by atoms with Gasteiger partial charge in [-0.05, 0) is 52.1 Å². The number of hydrogen-bond donors (Lipinski definition) is 1. The predicted molar refractivity (Wildman–Crippen MR) is 75.3 cm³/mol. The van der Waals surface area contributed by atoms with Gasteiger partial charge in [-0.1, -0.05) is 6.42 Å². The highest BCUT2D eigenvalue weighted by Crippen LogP contribution is 2.43. The zero-order chi connectivity index (χ0) is 13.6. The summed E-state index contributed by atoms with van der Waals surface area (Å²) < 4.78 is 0.753. The van der Waals surface area contributed by atoms with Gasteiger partial charge in [-0.25, -0.2) is 4.79 Å². The van der Waals surface area contributed by atoms with Crippen molar-refractivity contribution in [2.45, 2.75) is 25.3 Å². The van der Waals surface area contributed by atoms with Crippen LogP contribution in [-0.2, 0) is 4.79 Å². The average molecular weight is 344 g/mol. The van der Waals surface area contributed by atoms with Gasteiger partial charge >= 0.3 is 5.97 Å². The summed E-state index contributed by atoms with van der Waals surface area (Å²) in [4.78, 5) is 26.2. The molecule has 0 aromatic carbocycles. The molecule has 1 saturated carbocycles. The third kappa shape index (κ3) is 2.10. The number of carbonyl (C=O) groups is 2. The lowest BCUT2D eigenvalue weighted by Crippen LogP contribution is -2.43. The molecule has 1 N–H and O–H groups in total. The van der Waals surface area contributed by atoms with Gasteiger partial charge in [0, 0.05) is 11.0 Å². The Labute approximate surface area is 123 Å². The first-order chi connectivity index (χ1) is 9.09. The number of nitrogens with zero attached hydrogens (tertiary/aromatic N) is 1. The Kier molecular flexibility index (Phi) is 3.39. The SMILES string of the molecule is O=C(O)C1C2CCCC2CN1C(=O)c1sccc1Br. The summed E-state index contributed by atoms with van der Waals surface area (Å²) >= 11 is 4.70. The summed E-state index contributed by atoms with van der Waals surface area (Å²) in [7, 11) is 0. The predicted octanol–water partition coefficient (Wildman–Crippen LogP) is 2.84. The number of halogens is 1. The minimum Gasteiger partial charge on any atom is -0.480 e. The van der Waals surface area contributed by atoms with Crippen LogP contribution in [0.5, 0.6) is 0 Å². The fourth-order valence-electron chi connectivity index (χ4n) is 3.41. The Morgan fingerprint density at radius 2 is 2.21 bits per heavy atom. The van der Waals surface area contributed by atoms with Crippen LogP contribution >= 0.6 is 27.3 Å².